The van der Waals surface area contributed by atoms with Gasteiger partial charge in [0.1, 0.15) is 0 Å². The Labute approximate surface area is 118 Å². The molecule has 19 heavy (non-hydrogen) atoms. The van der Waals surface area contributed by atoms with Crippen molar-refractivity contribution in [1.29, 1.82) is 0 Å². The zero-order chi connectivity index (χ0) is 13.1. The number of likely N-dealkylation sites (tertiary alicyclic amines) is 1. The summed E-state index contributed by atoms with van der Waals surface area (Å²) >= 11 is 1.79. The first-order valence-electron chi connectivity index (χ1n) is 6.77. The second-order valence-electron chi connectivity index (χ2n) is 5.17. The minimum absolute atomic E-state index is 0.664. The highest BCUT2D eigenvalue weighted by atomic mass is 32.1. The highest BCUT2D eigenvalue weighted by molar-refractivity contribution is 7.09. The van der Waals surface area contributed by atoms with Crippen molar-refractivity contribution in [2.45, 2.75) is 25.3 Å². The Morgan fingerprint density at radius 2 is 2.16 bits per heavy atom. The zero-order valence-electron chi connectivity index (χ0n) is 11.0. The molecule has 0 saturated carbocycles. The fourth-order valence-electron chi connectivity index (χ4n) is 2.72. The molecule has 2 heterocycles. The molecule has 1 saturated heterocycles. The Hall–Kier alpha value is -1.39. The van der Waals surface area contributed by atoms with Gasteiger partial charge < -0.3 is 5.73 Å². The lowest BCUT2D eigenvalue weighted by Crippen LogP contribution is -2.32. The number of hydrogen-bond donors (Lipinski definition) is 1. The number of rotatable bonds is 3. The first-order valence-corrected chi connectivity index (χ1v) is 7.65. The zero-order valence-corrected chi connectivity index (χ0v) is 11.8. The van der Waals surface area contributed by atoms with Crippen LogP contribution in [0.2, 0.25) is 0 Å². The van der Waals surface area contributed by atoms with Gasteiger partial charge in [-0.25, -0.2) is 4.98 Å². The van der Waals surface area contributed by atoms with Gasteiger partial charge in [-0.3, -0.25) is 4.90 Å². The summed E-state index contributed by atoms with van der Waals surface area (Å²) in [6, 6.07) is 8.21. The third kappa shape index (κ3) is 3.14. The van der Waals surface area contributed by atoms with Gasteiger partial charge in [-0.1, -0.05) is 12.1 Å². The Balaban J connectivity index is 1.56. The molecule has 0 spiro atoms. The van der Waals surface area contributed by atoms with Crippen molar-refractivity contribution in [2.24, 2.45) is 0 Å². The summed E-state index contributed by atoms with van der Waals surface area (Å²) < 4.78 is 0. The maximum absolute atomic E-state index is 5.82. The minimum atomic E-state index is 0.664. The van der Waals surface area contributed by atoms with Crippen molar-refractivity contribution in [1.82, 2.24) is 9.88 Å². The van der Waals surface area contributed by atoms with Crippen LogP contribution in [-0.2, 0) is 6.54 Å². The number of nitrogen functional groups attached to an aromatic ring is 1. The van der Waals surface area contributed by atoms with E-state index in [2.05, 4.69) is 27.4 Å². The number of piperidine rings is 1. The van der Waals surface area contributed by atoms with Crippen molar-refractivity contribution < 1.29 is 0 Å². The Kier molecular flexibility index (Phi) is 3.80. The molecule has 1 fully saturated rings. The number of anilines is 1. The fraction of sp³-hybridized carbons (Fsp3) is 0.400. The first kappa shape index (κ1) is 12.6. The average molecular weight is 273 g/mol. The number of nitrogens with zero attached hydrogens (tertiary/aromatic N) is 2. The van der Waals surface area contributed by atoms with E-state index in [4.69, 9.17) is 5.73 Å². The Morgan fingerprint density at radius 3 is 2.84 bits per heavy atom. The molecule has 0 aliphatic carbocycles. The van der Waals surface area contributed by atoms with Crippen LogP contribution in [-0.4, -0.2) is 23.0 Å². The van der Waals surface area contributed by atoms with Gasteiger partial charge in [-0.05, 0) is 43.6 Å². The predicted molar refractivity (Wildman–Crippen MR) is 80.2 cm³/mol. The summed E-state index contributed by atoms with van der Waals surface area (Å²) in [5, 5.41) is 3.39. The van der Waals surface area contributed by atoms with E-state index in [0.717, 1.165) is 25.3 Å². The van der Waals surface area contributed by atoms with E-state index in [0.29, 0.717) is 5.92 Å². The van der Waals surface area contributed by atoms with E-state index in [1.807, 2.05) is 18.3 Å². The lowest BCUT2D eigenvalue weighted by molar-refractivity contribution is 0.204. The van der Waals surface area contributed by atoms with Crippen LogP contribution in [0.25, 0.3) is 0 Å². The van der Waals surface area contributed by atoms with Crippen LogP contribution < -0.4 is 5.73 Å². The fourth-order valence-corrected chi connectivity index (χ4v) is 3.53. The highest BCUT2D eigenvalue weighted by Gasteiger charge is 2.22. The number of thiazole rings is 1. The summed E-state index contributed by atoms with van der Waals surface area (Å²) in [7, 11) is 0. The van der Waals surface area contributed by atoms with Crippen LogP contribution >= 0.6 is 11.3 Å². The van der Waals surface area contributed by atoms with Crippen molar-refractivity contribution >= 4 is 17.0 Å². The normalized spacial score (nSPS) is 17.7. The van der Waals surface area contributed by atoms with Gasteiger partial charge >= 0.3 is 0 Å². The van der Waals surface area contributed by atoms with Crippen LogP contribution in [0.15, 0.2) is 35.8 Å². The largest absolute Gasteiger partial charge is 0.399 e. The average Bonchev–Trinajstić information content (AvgIpc) is 2.94. The molecule has 0 bridgehead atoms. The smallest absolute Gasteiger partial charge is 0.0956 e. The van der Waals surface area contributed by atoms with E-state index < -0.39 is 0 Å². The molecule has 4 heteroatoms. The molecule has 1 aromatic carbocycles. The predicted octanol–water partition coefficient (Wildman–Crippen LogP) is 3.10. The van der Waals surface area contributed by atoms with Crippen molar-refractivity contribution in [3.63, 3.8) is 0 Å². The van der Waals surface area contributed by atoms with Crippen LogP contribution in [0.4, 0.5) is 5.69 Å². The summed E-state index contributed by atoms with van der Waals surface area (Å²) in [6.45, 7) is 3.31. The summed E-state index contributed by atoms with van der Waals surface area (Å²) in [4.78, 5) is 6.96. The summed E-state index contributed by atoms with van der Waals surface area (Å²) in [5.74, 6) is 0.664. The Bertz CT molecular complexity index is 516. The summed E-state index contributed by atoms with van der Waals surface area (Å²) in [6.07, 6.45) is 4.35. The van der Waals surface area contributed by atoms with E-state index >= 15 is 0 Å². The van der Waals surface area contributed by atoms with Crippen LogP contribution in [0.3, 0.4) is 0 Å². The van der Waals surface area contributed by atoms with Gasteiger partial charge in [0.2, 0.25) is 0 Å². The molecule has 3 rings (SSSR count). The van der Waals surface area contributed by atoms with Gasteiger partial charge in [0.15, 0.2) is 0 Å². The molecule has 1 aliphatic heterocycles. The molecule has 1 aliphatic rings. The molecule has 2 N–H and O–H groups in total. The Morgan fingerprint density at radius 1 is 1.32 bits per heavy atom. The molecule has 0 amide bonds. The SMILES string of the molecule is Nc1cccc(CN2CCC(c3nccs3)CC2)c1. The lowest BCUT2D eigenvalue weighted by atomic mass is 9.97. The van der Waals surface area contributed by atoms with E-state index in [1.54, 1.807) is 11.3 Å². The lowest BCUT2D eigenvalue weighted by Gasteiger charge is -2.31. The van der Waals surface area contributed by atoms with Crippen LogP contribution in [0, 0.1) is 0 Å². The maximum atomic E-state index is 5.82. The highest BCUT2D eigenvalue weighted by Crippen LogP contribution is 2.29. The molecule has 0 unspecified atom stereocenters. The van der Waals surface area contributed by atoms with Crippen molar-refractivity contribution in [3.8, 4) is 0 Å². The molecular formula is C15H19N3S. The van der Waals surface area contributed by atoms with Gasteiger partial charge in [-0.2, -0.15) is 0 Å². The van der Waals surface area contributed by atoms with E-state index in [1.165, 1.54) is 23.4 Å². The monoisotopic (exact) mass is 273 g/mol. The number of hydrogen-bond acceptors (Lipinski definition) is 4. The third-order valence-corrected chi connectivity index (χ3v) is 4.68. The first-order chi connectivity index (χ1) is 9.31. The summed E-state index contributed by atoms with van der Waals surface area (Å²) in [5.41, 5.74) is 7.99. The second-order valence-corrected chi connectivity index (χ2v) is 6.09. The molecule has 3 nitrogen and oxygen atoms in total. The van der Waals surface area contributed by atoms with Crippen LogP contribution in [0.1, 0.15) is 29.3 Å². The molecular weight excluding hydrogens is 254 g/mol. The molecule has 1 aromatic heterocycles. The van der Waals surface area contributed by atoms with Gasteiger partial charge in [0.05, 0.1) is 5.01 Å². The minimum Gasteiger partial charge on any atom is -0.399 e. The van der Waals surface area contributed by atoms with E-state index in [-0.39, 0.29) is 0 Å². The van der Waals surface area contributed by atoms with E-state index in [9.17, 15) is 0 Å². The topological polar surface area (TPSA) is 42.1 Å². The third-order valence-electron chi connectivity index (χ3n) is 3.75. The molecule has 0 radical (unpaired) electrons. The van der Waals surface area contributed by atoms with Gasteiger partial charge in [-0.15, -0.1) is 11.3 Å². The van der Waals surface area contributed by atoms with Crippen LogP contribution in [0.5, 0.6) is 0 Å². The molecule has 100 valence electrons. The molecule has 0 atom stereocenters. The number of benzene rings is 1. The van der Waals surface area contributed by atoms with Crippen molar-refractivity contribution in [3.05, 3.63) is 46.4 Å². The number of aromatic nitrogens is 1. The maximum Gasteiger partial charge on any atom is 0.0956 e. The van der Waals surface area contributed by atoms with Gasteiger partial charge in [0, 0.05) is 29.7 Å². The number of nitrogens with two attached hydrogens (primary N) is 1. The quantitative estimate of drug-likeness (QED) is 0.874. The van der Waals surface area contributed by atoms with Crippen molar-refractivity contribution in [2.75, 3.05) is 18.8 Å². The standard InChI is InChI=1S/C15H19N3S/c16-14-3-1-2-12(10-14)11-18-7-4-13(5-8-18)15-17-6-9-19-15/h1-3,6,9-10,13H,4-5,7-8,11,16H2. The second kappa shape index (κ2) is 5.72. The molecule has 2 aromatic rings. The van der Waals surface area contributed by atoms with Gasteiger partial charge in [0.25, 0.3) is 0 Å².